The summed E-state index contributed by atoms with van der Waals surface area (Å²) < 4.78 is 9.20. The summed E-state index contributed by atoms with van der Waals surface area (Å²) in [5, 5.41) is 22.9. The van der Waals surface area contributed by atoms with Crippen LogP contribution in [-0.2, 0) is 9.47 Å². The number of carbonyl (C=O) groups excluding carboxylic acids is 2. The molecule has 1 atom stereocenters. The van der Waals surface area contributed by atoms with Crippen molar-refractivity contribution in [3.8, 4) is 0 Å². The predicted molar refractivity (Wildman–Crippen MR) is 66.4 cm³/mol. The molecule has 0 aliphatic carbocycles. The van der Waals surface area contributed by atoms with E-state index < -0.39 is 24.5 Å². The lowest BCUT2D eigenvalue weighted by Gasteiger charge is -2.20. The average Bonchev–Trinajstić information content (AvgIpc) is 2.34. The number of aliphatic hydroxyl groups is 2. The first-order valence-electron chi connectivity index (χ1n) is 5.98. The molecule has 0 heterocycles. The minimum Gasteiger partial charge on any atom is -0.453 e. The second kappa shape index (κ2) is 9.40. The van der Waals surface area contributed by atoms with Crippen LogP contribution in [0.2, 0.25) is 0 Å². The standard InChI is InChI=1S/C11H22N2O6/c1-7(2)6-19-11(17)13-8(9(14)15)4-5-12-10(16)18-3/h7-9,14-15H,4-6H2,1-3H3,(H,12,16)(H,13,17). The minimum atomic E-state index is -1.74. The molecule has 0 aromatic carbocycles. The Bertz CT molecular complexity index is 282. The summed E-state index contributed by atoms with van der Waals surface area (Å²) in [6.45, 7) is 4.12. The number of ether oxygens (including phenoxy) is 2. The van der Waals surface area contributed by atoms with Gasteiger partial charge in [-0.15, -0.1) is 0 Å². The Morgan fingerprint density at radius 2 is 1.84 bits per heavy atom. The highest BCUT2D eigenvalue weighted by Gasteiger charge is 2.20. The van der Waals surface area contributed by atoms with Crippen molar-refractivity contribution in [2.45, 2.75) is 32.6 Å². The summed E-state index contributed by atoms with van der Waals surface area (Å²) in [6.07, 6.45) is -2.98. The van der Waals surface area contributed by atoms with Gasteiger partial charge in [0.05, 0.1) is 19.8 Å². The second-order valence-corrected chi connectivity index (χ2v) is 4.36. The Kier molecular flexibility index (Phi) is 8.64. The molecule has 0 saturated heterocycles. The summed E-state index contributed by atoms with van der Waals surface area (Å²) in [5.74, 6) is 0.184. The van der Waals surface area contributed by atoms with E-state index >= 15 is 0 Å². The highest BCUT2D eigenvalue weighted by atomic mass is 16.6. The van der Waals surface area contributed by atoms with Gasteiger partial charge in [-0.05, 0) is 12.3 Å². The van der Waals surface area contributed by atoms with Gasteiger partial charge >= 0.3 is 12.2 Å². The van der Waals surface area contributed by atoms with E-state index in [1.165, 1.54) is 7.11 Å². The number of aliphatic hydroxyl groups excluding tert-OH is 1. The lowest BCUT2D eigenvalue weighted by atomic mass is 10.2. The van der Waals surface area contributed by atoms with Crippen molar-refractivity contribution < 1.29 is 29.3 Å². The number of nitrogens with one attached hydrogen (secondary N) is 2. The van der Waals surface area contributed by atoms with E-state index in [9.17, 15) is 9.59 Å². The summed E-state index contributed by atoms with van der Waals surface area (Å²) in [5.41, 5.74) is 0. The van der Waals surface area contributed by atoms with Crippen molar-refractivity contribution in [1.82, 2.24) is 10.6 Å². The number of amides is 2. The van der Waals surface area contributed by atoms with Crippen LogP contribution < -0.4 is 10.6 Å². The topological polar surface area (TPSA) is 117 Å². The molecule has 0 saturated carbocycles. The van der Waals surface area contributed by atoms with Gasteiger partial charge in [-0.2, -0.15) is 0 Å². The fraction of sp³-hybridized carbons (Fsp3) is 0.818. The molecule has 0 rings (SSSR count). The first kappa shape index (κ1) is 17.5. The number of rotatable bonds is 7. The maximum absolute atomic E-state index is 11.3. The van der Waals surface area contributed by atoms with Crippen molar-refractivity contribution in [3.63, 3.8) is 0 Å². The fourth-order valence-electron chi connectivity index (χ4n) is 1.13. The van der Waals surface area contributed by atoms with Crippen LogP contribution in [0.15, 0.2) is 0 Å². The predicted octanol–water partition coefficient (Wildman–Crippen LogP) is -0.206. The first-order valence-corrected chi connectivity index (χ1v) is 5.98. The molecule has 0 aliphatic rings. The second-order valence-electron chi connectivity index (χ2n) is 4.36. The Morgan fingerprint density at radius 1 is 1.21 bits per heavy atom. The number of carbonyl (C=O) groups is 2. The Hall–Kier alpha value is -1.54. The smallest absolute Gasteiger partial charge is 0.407 e. The van der Waals surface area contributed by atoms with Crippen LogP contribution in [0.5, 0.6) is 0 Å². The van der Waals surface area contributed by atoms with E-state index in [2.05, 4.69) is 15.4 Å². The van der Waals surface area contributed by atoms with E-state index in [1.807, 2.05) is 13.8 Å². The fourth-order valence-corrected chi connectivity index (χ4v) is 1.13. The molecule has 8 heteroatoms. The van der Waals surface area contributed by atoms with Crippen molar-refractivity contribution in [3.05, 3.63) is 0 Å². The molecule has 2 amide bonds. The quantitative estimate of drug-likeness (QED) is 0.479. The van der Waals surface area contributed by atoms with Gasteiger partial charge < -0.3 is 30.3 Å². The van der Waals surface area contributed by atoms with Crippen LogP contribution in [0.1, 0.15) is 20.3 Å². The summed E-state index contributed by atoms with van der Waals surface area (Å²) in [7, 11) is 1.22. The molecule has 4 N–H and O–H groups in total. The molecule has 0 bridgehead atoms. The van der Waals surface area contributed by atoms with Crippen LogP contribution in [0.4, 0.5) is 9.59 Å². The largest absolute Gasteiger partial charge is 0.453 e. The minimum absolute atomic E-state index is 0.124. The molecule has 0 radical (unpaired) electrons. The molecule has 19 heavy (non-hydrogen) atoms. The Labute approximate surface area is 112 Å². The lowest BCUT2D eigenvalue weighted by molar-refractivity contribution is -0.0677. The van der Waals surface area contributed by atoms with Gasteiger partial charge in [0, 0.05) is 6.54 Å². The zero-order valence-corrected chi connectivity index (χ0v) is 11.4. The van der Waals surface area contributed by atoms with Crippen molar-refractivity contribution in [2.24, 2.45) is 5.92 Å². The third-order valence-corrected chi connectivity index (χ3v) is 2.12. The van der Waals surface area contributed by atoms with Gasteiger partial charge in [0.2, 0.25) is 0 Å². The Morgan fingerprint density at radius 3 is 2.32 bits per heavy atom. The van der Waals surface area contributed by atoms with E-state index in [1.54, 1.807) is 0 Å². The van der Waals surface area contributed by atoms with Gasteiger partial charge in [-0.25, -0.2) is 9.59 Å². The highest BCUT2D eigenvalue weighted by Crippen LogP contribution is 1.99. The van der Waals surface area contributed by atoms with Crippen LogP contribution in [0, 0.1) is 5.92 Å². The average molecular weight is 278 g/mol. The van der Waals surface area contributed by atoms with E-state index in [0.717, 1.165) is 0 Å². The maximum atomic E-state index is 11.3. The van der Waals surface area contributed by atoms with E-state index in [4.69, 9.17) is 14.9 Å². The van der Waals surface area contributed by atoms with E-state index in [-0.39, 0.29) is 25.5 Å². The zero-order chi connectivity index (χ0) is 14.8. The van der Waals surface area contributed by atoms with Crippen LogP contribution >= 0.6 is 0 Å². The van der Waals surface area contributed by atoms with Crippen molar-refractivity contribution in [2.75, 3.05) is 20.3 Å². The number of hydrogen-bond donors (Lipinski definition) is 4. The number of methoxy groups -OCH3 is 1. The molecule has 0 aliphatic heterocycles. The molecule has 0 fully saturated rings. The summed E-state index contributed by atoms with van der Waals surface area (Å²) in [4.78, 5) is 22.1. The molecule has 112 valence electrons. The monoisotopic (exact) mass is 278 g/mol. The first-order chi connectivity index (χ1) is 8.86. The summed E-state index contributed by atoms with van der Waals surface area (Å²) in [6, 6.07) is -0.934. The SMILES string of the molecule is COC(=O)NCCC(NC(=O)OCC(C)C)C(O)O. The van der Waals surface area contributed by atoms with Gasteiger partial charge in [0.1, 0.15) is 0 Å². The third kappa shape index (κ3) is 9.09. The van der Waals surface area contributed by atoms with Gasteiger partial charge in [0.15, 0.2) is 6.29 Å². The van der Waals surface area contributed by atoms with Gasteiger partial charge in [0.25, 0.3) is 0 Å². The molecule has 0 spiro atoms. The molecule has 8 nitrogen and oxygen atoms in total. The van der Waals surface area contributed by atoms with E-state index in [0.29, 0.717) is 0 Å². The highest BCUT2D eigenvalue weighted by molar-refractivity contribution is 5.68. The lowest BCUT2D eigenvalue weighted by Crippen LogP contribution is -2.45. The normalized spacial score (nSPS) is 12.2. The number of hydrogen-bond acceptors (Lipinski definition) is 6. The molecule has 1 unspecified atom stereocenters. The molecule has 0 aromatic rings. The molecule has 0 aromatic heterocycles. The summed E-state index contributed by atoms with van der Waals surface area (Å²) >= 11 is 0. The van der Waals surface area contributed by atoms with Crippen LogP contribution in [0.3, 0.4) is 0 Å². The van der Waals surface area contributed by atoms with Crippen LogP contribution in [-0.4, -0.2) is 55.0 Å². The molecular formula is C11H22N2O6. The number of alkyl carbamates (subject to hydrolysis) is 2. The maximum Gasteiger partial charge on any atom is 0.407 e. The third-order valence-electron chi connectivity index (χ3n) is 2.12. The van der Waals surface area contributed by atoms with Gasteiger partial charge in [-0.3, -0.25) is 0 Å². The van der Waals surface area contributed by atoms with Gasteiger partial charge in [-0.1, -0.05) is 13.8 Å². The Balaban J connectivity index is 4.04. The zero-order valence-electron chi connectivity index (χ0n) is 11.4. The van der Waals surface area contributed by atoms with Crippen molar-refractivity contribution in [1.29, 1.82) is 0 Å². The van der Waals surface area contributed by atoms with Crippen LogP contribution in [0.25, 0.3) is 0 Å². The van der Waals surface area contributed by atoms with Crippen molar-refractivity contribution >= 4 is 12.2 Å². The molecular weight excluding hydrogens is 256 g/mol.